The number of nitriles is 1. The van der Waals surface area contributed by atoms with Crippen molar-refractivity contribution in [1.82, 2.24) is 4.98 Å². The van der Waals surface area contributed by atoms with Crippen LogP contribution in [-0.4, -0.2) is 32.2 Å². The zero-order valence-electron chi connectivity index (χ0n) is 9.20. The molecule has 2 atom stereocenters. The maximum Gasteiger partial charge on any atom is 0.185 e. The molecule has 0 fully saturated rings. The van der Waals surface area contributed by atoms with Gasteiger partial charge in [0.1, 0.15) is 17.9 Å². The van der Waals surface area contributed by atoms with E-state index in [-0.39, 0.29) is 16.6 Å². The number of pyridine rings is 1. The smallest absolute Gasteiger partial charge is 0.185 e. The van der Waals surface area contributed by atoms with Crippen LogP contribution < -0.4 is 0 Å². The lowest BCUT2D eigenvalue weighted by Crippen LogP contribution is -2.21. The van der Waals surface area contributed by atoms with Crippen LogP contribution in [0.25, 0.3) is 0 Å². The van der Waals surface area contributed by atoms with E-state index >= 15 is 0 Å². The fourth-order valence-corrected chi connectivity index (χ4v) is 1.75. The summed E-state index contributed by atoms with van der Waals surface area (Å²) in [5, 5.41) is 27.8. The number of carbonyl (C=O) groups is 1. The zero-order chi connectivity index (χ0) is 12.8. The molecule has 0 radical (unpaired) electrons. The molecule has 0 amide bonds. The number of nitrogens with zero attached hydrogens (tertiary/aromatic N) is 2. The molecule has 1 heterocycles. The Morgan fingerprint density at radius 2 is 2.29 bits per heavy atom. The van der Waals surface area contributed by atoms with Crippen LogP contribution in [0.4, 0.5) is 0 Å². The summed E-state index contributed by atoms with van der Waals surface area (Å²) in [5.74, 6) is 0.122. The van der Waals surface area contributed by atoms with Gasteiger partial charge in [0.15, 0.2) is 5.12 Å². The van der Waals surface area contributed by atoms with E-state index in [2.05, 4.69) is 4.98 Å². The first-order valence-electron chi connectivity index (χ1n) is 4.90. The Labute approximate surface area is 103 Å². The Kier molecular flexibility index (Phi) is 5.10. The standard InChI is InChI=1S/C11H12N2O3S/c1-7(14)17-6-10(15)11(16)8-2-3-9(4-12)13-5-8/h2-3,5,10-11,15-16H,6H2,1H3. The van der Waals surface area contributed by atoms with E-state index in [4.69, 9.17) is 5.26 Å². The van der Waals surface area contributed by atoms with Gasteiger partial charge in [-0.05, 0) is 6.07 Å². The second kappa shape index (κ2) is 6.35. The van der Waals surface area contributed by atoms with E-state index in [1.165, 1.54) is 25.3 Å². The van der Waals surface area contributed by atoms with Crippen LogP contribution >= 0.6 is 11.8 Å². The molecule has 5 nitrogen and oxygen atoms in total. The van der Waals surface area contributed by atoms with Crippen LogP contribution in [0.5, 0.6) is 0 Å². The lowest BCUT2D eigenvalue weighted by molar-refractivity contribution is -0.109. The van der Waals surface area contributed by atoms with Gasteiger partial charge in [-0.3, -0.25) is 4.79 Å². The fourth-order valence-electron chi connectivity index (χ4n) is 1.16. The Balaban J connectivity index is 2.64. The summed E-state index contributed by atoms with van der Waals surface area (Å²) in [6.07, 6.45) is -0.814. The van der Waals surface area contributed by atoms with E-state index < -0.39 is 12.2 Å². The first kappa shape index (κ1) is 13.6. The molecule has 1 aromatic rings. The molecular formula is C11H12N2O3S. The second-order valence-electron chi connectivity index (χ2n) is 3.40. The van der Waals surface area contributed by atoms with Gasteiger partial charge in [0, 0.05) is 24.4 Å². The van der Waals surface area contributed by atoms with E-state index in [1.807, 2.05) is 6.07 Å². The Morgan fingerprint density at radius 3 is 2.76 bits per heavy atom. The quantitative estimate of drug-likeness (QED) is 0.816. The van der Waals surface area contributed by atoms with E-state index in [0.29, 0.717) is 5.56 Å². The van der Waals surface area contributed by atoms with E-state index in [9.17, 15) is 15.0 Å². The molecule has 0 aromatic carbocycles. The van der Waals surface area contributed by atoms with Gasteiger partial charge in [-0.2, -0.15) is 5.26 Å². The molecule has 0 aliphatic rings. The number of hydrogen-bond donors (Lipinski definition) is 2. The molecule has 0 saturated carbocycles. The first-order chi connectivity index (χ1) is 8.04. The van der Waals surface area contributed by atoms with Crippen LogP contribution in [0.1, 0.15) is 24.3 Å². The SMILES string of the molecule is CC(=O)SCC(O)C(O)c1ccc(C#N)nc1. The van der Waals surface area contributed by atoms with Gasteiger partial charge in [-0.25, -0.2) is 4.98 Å². The summed E-state index contributed by atoms with van der Waals surface area (Å²) in [4.78, 5) is 14.5. The van der Waals surface area contributed by atoms with Crippen LogP contribution in [0.15, 0.2) is 18.3 Å². The third kappa shape index (κ3) is 4.15. The molecule has 0 saturated heterocycles. The monoisotopic (exact) mass is 252 g/mol. The minimum Gasteiger partial charge on any atom is -0.389 e. The average molecular weight is 252 g/mol. The summed E-state index contributed by atoms with van der Waals surface area (Å²) >= 11 is 0.948. The average Bonchev–Trinajstić information content (AvgIpc) is 2.35. The van der Waals surface area contributed by atoms with E-state index in [1.54, 1.807) is 0 Å². The highest BCUT2D eigenvalue weighted by Crippen LogP contribution is 2.19. The summed E-state index contributed by atoms with van der Waals surface area (Å²) < 4.78 is 0. The van der Waals surface area contributed by atoms with Crippen molar-refractivity contribution in [1.29, 1.82) is 5.26 Å². The number of aliphatic hydroxyl groups is 2. The largest absolute Gasteiger partial charge is 0.389 e. The molecule has 2 N–H and O–H groups in total. The van der Waals surface area contributed by atoms with Crippen LogP contribution in [0, 0.1) is 11.3 Å². The Morgan fingerprint density at radius 1 is 1.59 bits per heavy atom. The summed E-state index contributed by atoms with van der Waals surface area (Å²) in [7, 11) is 0. The van der Waals surface area contributed by atoms with Crippen molar-refractivity contribution in [2.24, 2.45) is 0 Å². The topological polar surface area (TPSA) is 94.2 Å². The summed E-state index contributed by atoms with van der Waals surface area (Å²) in [6.45, 7) is 1.40. The van der Waals surface area contributed by atoms with Crippen molar-refractivity contribution in [2.45, 2.75) is 19.1 Å². The van der Waals surface area contributed by atoms with Gasteiger partial charge in [0.05, 0.1) is 6.10 Å². The van der Waals surface area contributed by atoms with Crippen molar-refractivity contribution in [3.8, 4) is 6.07 Å². The highest BCUT2D eigenvalue weighted by Gasteiger charge is 2.19. The summed E-state index contributed by atoms with van der Waals surface area (Å²) in [6, 6.07) is 4.85. The van der Waals surface area contributed by atoms with Crippen molar-refractivity contribution in [3.63, 3.8) is 0 Å². The van der Waals surface area contributed by atoms with Gasteiger partial charge in [0.2, 0.25) is 0 Å². The third-order valence-corrected chi connectivity index (χ3v) is 2.98. The second-order valence-corrected chi connectivity index (χ2v) is 4.60. The van der Waals surface area contributed by atoms with Crippen LogP contribution in [0.2, 0.25) is 0 Å². The van der Waals surface area contributed by atoms with Crippen molar-refractivity contribution in [2.75, 3.05) is 5.75 Å². The molecule has 0 aliphatic heterocycles. The summed E-state index contributed by atoms with van der Waals surface area (Å²) in [5.41, 5.74) is 0.661. The van der Waals surface area contributed by atoms with Crippen molar-refractivity contribution >= 4 is 16.9 Å². The molecule has 17 heavy (non-hydrogen) atoms. The predicted octanol–water partition coefficient (Wildman–Crippen LogP) is 0.627. The Bertz CT molecular complexity index is 427. The van der Waals surface area contributed by atoms with Gasteiger partial charge in [-0.1, -0.05) is 17.8 Å². The molecule has 0 aliphatic carbocycles. The first-order valence-corrected chi connectivity index (χ1v) is 5.88. The highest BCUT2D eigenvalue weighted by molar-refractivity contribution is 8.13. The third-order valence-electron chi connectivity index (χ3n) is 2.06. The molecular weight excluding hydrogens is 240 g/mol. The fraction of sp³-hybridized carbons (Fsp3) is 0.364. The number of aromatic nitrogens is 1. The van der Waals surface area contributed by atoms with E-state index in [0.717, 1.165) is 11.8 Å². The van der Waals surface area contributed by atoms with Crippen LogP contribution in [-0.2, 0) is 4.79 Å². The van der Waals surface area contributed by atoms with Gasteiger partial charge >= 0.3 is 0 Å². The maximum absolute atomic E-state index is 10.7. The number of carbonyl (C=O) groups excluding carboxylic acids is 1. The minimum absolute atomic E-state index is 0.116. The Hall–Kier alpha value is -1.42. The lowest BCUT2D eigenvalue weighted by atomic mass is 10.1. The molecule has 0 bridgehead atoms. The number of rotatable bonds is 4. The normalized spacial score (nSPS) is 13.8. The number of hydrogen-bond acceptors (Lipinski definition) is 6. The molecule has 90 valence electrons. The van der Waals surface area contributed by atoms with Crippen molar-refractivity contribution < 1.29 is 15.0 Å². The highest BCUT2D eigenvalue weighted by atomic mass is 32.2. The van der Waals surface area contributed by atoms with Crippen molar-refractivity contribution in [3.05, 3.63) is 29.6 Å². The lowest BCUT2D eigenvalue weighted by Gasteiger charge is -2.16. The molecule has 0 spiro atoms. The van der Waals surface area contributed by atoms with Gasteiger partial charge in [0.25, 0.3) is 0 Å². The van der Waals surface area contributed by atoms with Gasteiger partial charge < -0.3 is 10.2 Å². The number of thioether (sulfide) groups is 1. The zero-order valence-corrected chi connectivity index (χ0v) is 10.0. The molecule has 1 rings (SSSR count). The number of aliphatic hydroxyl groups excluding tert-OH is 2. The maximum atomic E-state index is 10.7. The molecule has 2 unspecified atom stereocenters. The van der Waals surface area contributed by atoms with Crippen LogP contribution in [0.3, 0.4) is 0 Å². The minimum atomic E-state index is -1.11. The van der Waals surface area contributed by atoms with Gasteiger partial charge in [-0.15, -0.1) is 0 Å². The molecule has 6 heteroatoms. The molecule has 1 aromatic heterocycles. The predicted molar refractivity (Wildman–Crippen MR) is 63.1 cm³/mol.